The number of methoxy groups -OCH3 is 1. The van der Waals surface area contributed by atoms with Crippen LogP contribution in [0.15, 0.2) is 84.4 Å². The number of allylic oxidation sites excluding steroid dienone is 1. The summed E-state index contributed by atoms with van der Waals surface area (Å²) >= 11 is 0. The molecule has 0 aliphatic heterocycles. The summed E-state index contributed by atoms with van der Waals surface area (Å²) in [6.45, 7) is 0. The summed E-state index contributed by atoms with van der Waals surface area (Å²) in [6, 6.07) is 26.9. The molecule has 0 N–H and O–H groups in total. The molecule has 0 saturated carbocycles. The van der Waals surface area contributed by atoms with Crippen molar-refractivity contribution in [3.05, 3.63) is 95.6 Å². The quantitative estimate of drug-likeness (QED) is 0.251. The maximum atomic E-state index is 13.6. The van der Waals surface area contributed by atoms with Crippen molar-refractivity contribution in [3.63, 3.8) is 0 Å². The topological polar surface area (TPSA) is 55.0 Å². The van der Waals surface area contributed by atoms with Gasteiger partial charge in [0.15, 0.2) is 0 Å². The Labute approximate surface area is 175 Å². The molecule has 0 saturated heterocycles. The summed E-state index contributed by atoms with van der Waals surface area (Å²) < 4.78 is 7.27. The lowest BCUT2D eigenvalue weighted by molar-refractivity contribution is 0.104. The highest BCUT2D eigenvalue weighted by molar-refractivity contribution is 6.23. The summed E-state index contributed by atoms with van der Waals surface area (Å²) in [6.07, 6.45) is 1.61. The molecule has 4 rings (SSSR count). The van der Waals surface area contributed by atoms with Crippen LogP contribution in [0.1, 0.15) is 15.9 Å². The van der Waals surface area contributed by atoms with Gasteiger partial charge in [-0.3, -0.25) is 4.79 Å². The van der Waals surface area contributed by atoms with Gasteiger partial charge in [0.25, 0.3) is 0 Å². The first-order valence-corrected chi connectivity index (χ1v) is 9.57. The number of nitrogens with zero attached hydrogens (tertiary/aromatic N) is 2. The van der Waals surface area contributed by atoms with Crippen molar-refractivity contribution in [1.29, 1.82) is 5.26 Å². The van der Waals surface area contributed by atoms with Crippen LogP contribution in [0.5, 0.6) is 5.75 Å². The molecular formula is C26H20N2O2. The first-order chi connectivity index (χ1) is 14.6. The Bertz CT molecular complexity index is 1310. The molecule has 0 atom stereocenters. The van der Waals surface area contributed by atoms with Crippen molar-refractivity contribution < 1.29 is 9.53 Å². The van der Waals surface area contributed by atoms with Gasteiger partial charge in [-0.15, -0.1) is 0 Å². The van der Waals surface area contributed by atoms with E-state index in [1.807, 2.05) is 84.4 Å². The predicted octanol–water partition coefficient (Wildman–Crippen LogP) is 5.64. The van der Waals surface area contributed by atoms with Crippen molar-refractivity contribution >= 4 is 22.8 Å². The number of aryl methyl sites for hydroxylation is 1. The van der Waals surface area contributed by atoms with Crippen LogP contribution in [0.4, 0.5) is 0 Å². The molecule has 0 bridgehead atoms. The number of ketones is 1. The molecule has 30 heavy (non-hydrogen) atoms. The summed E-state index contributed by atoms with van der Waals surface area (Å²) in [5, 5.41) is 10.6. The number of rotatable bonds is 5. The van der Waals surface area contributed by atoms with E-state index in [2.05, 4.69) is 6.07 Å². The van der Waals surface area contributed by atoms with Crippen LogP contribution in [0.2, 0.25) is 0 Å². The average Bonchev–Trinajstić information content (AvgIpc) is 3.10. The van der Waals surface area contributed by atoms with E-state index < -0.39 is 0 Å². The third-order valence-electron chi connectivity index (χ3n) is 5.15. The minimum absolute atomic E-state index is 0.0804. The van der Waals surface area contributed by atoms with Crippen molar-refractivity contribution in [1.82, 2.24) is 4.57 Å². The monoisotopic (exact) mass is 392 g/mol. The van der Waals surface area contributed by atoms with Gasteiger partial charge in [-0.2, -0.15) is 5.26 Å². The third-order valence-corrected chi connectivity index (χ3v) is 5.15. The van der Waals surface area contributed by atoms with Crippen molar-refractivity contribution in [2.24, 2.45) is 7.05 Å². The van der Waals surface area contributed by atoms with E-state index in [9.17, 15) is 10.1 Å². The molecule has 0 aliphatic rings. The second-order valence-electron chi connectivity index (χ2n) is 6.94. The van der Waals surface area contributed by atoms with Crippen LogP contribution in [0.25, 0.3) is 28.2 Å². The number of benzene rings is 3. The van der Waals surface area contributed by atoms with Crippen molar-refractivity contribution in [2.45, 2.75) is 0 Å². The summed E-state index contributed by atoms with van der Waals surface area (Å²) in [4.78, 5) is 13.6. The largest absolute Gasteiger partial charge is 0.497 e. The smallest absolute Gasteiger partial charge is 0.206 e. The van der Waals surface area contributed by atoms with Gasteiger partial charge in [0.05, 0.1) is 18.4 Å². The fourth-order valence-corrected chi connectivity index (χ4v) is 3.74. The highest BCUT2D eigenvalue weighted by atomic mass is 16.5. The van der Waals surface area contributed by atoms with E-state index in [1.165, 1.54) is 0 Å². The highest BCUT2D eigenvalue weighted by Gasteiger charge is 2.24. The zero-order valence-electron chi connectivity index (χ0n) is 16.8. The third kappa shape index (κ3) is 3.38. The molecule has 4 aromatic rings. The van der Waals surface area contributed by atoms with Gasteiger partial charge in [0.2, 0.25) is 5.78 Å². The number of carbonyl (C=O) groups is 1. The first-order valence-electron chi connectivity index (χ1n) is 9.57. The summed E-state index contributed by atoms with van der Waals surface area (Å²) in [7, 11) is 3.53. The van der Waals surface area contributed by atoms with E-state index >= 15 is 0 Å². The molecule has 4 nitrogen and oxygen atoms in total. The second-order valence-corrected chi connectivity index (χ2v) is 6.94. The molecule has 0 fully saturated rings. The number of ether oxygens (including phenoxy) is 1. The van der Waals surface area contributed by atoms with Gasteiger partial charge >= 0.3 is 0 Å². The van der Waals surface area contributed by atoms with Crippen LogP contribution < -0.4 is 4.74 Å². The van der Waals surface area contributed by atoms with E-state index in [0.29, 0.717) is 11.3 Å². The number of nitriles is 1. The fourth-order valence-electron chi connectivity index (χ4n) is 3.74. The average molecular weight is 392 g/mol. The minimum atomic E-state index is -0.295. The Kier molecular flexibility index (Phi) is 5.19. The Morgan fingerprint density at radius 3 is 2.47 bits per heavy atom. The highest BCUT2D eigenvalue weighted by Crippen LogP contribution is 2.34. The summed E-state index contributed by atoms with van der Waals surface area (Å²) in [5.74, 6) is 0.375. The van der Waals surface area contributed by atoms with Crippen molar-refractivity contribution in [3.8, 4) is 23.1 Å². The molecule has 4 heteroatoms. The van der Waals surface area contributed by atoms with Crippen LogP contribution in [-0.2, 0) is 7.05 Å². The van der Waals surface area contributed by atoms with Crippen LogP contribution in [0.3, 0.4) is 0 Å². The van der Waals surface area contributed by atoms with Gasteiger partial charge in [0.1, 0.15) is 17.4 Å². The van der Waals surface area contributed by atoms with Gasteiger partial charge in [-0.25, -0.2) is 0 Å². The van der Waals surface area contributed by atoms with E-state index in [0.717, 1.165) is 27.7 Å². The lowest BCUT2D eigenvalue weighted by atomic mass is 9.96. The Morgan fingerprint density at radius 2 is 1.73 bits per heavy atom. The molecule has 146 valence electrons. The Hall–Kier alpha value is -4.10. The van der Waals surface area contributed by atoms with Crippen molar-refractivity contribution in [2.75, 3.05) is 7.11 Å². The molecule has 3 aromatic carbocycles. The summed E-state index contributed by atoms with van der Waals surface area (Å²) in [5.41, 5.74) is 4.03. The zero-order chi connectivity index (χ0) is 21.1. The molecule has 1 aromatic heterocycles. The standard InChI is InChI=1S/C26H20N2O2/c1-28-23-14-7-6-13-22(23)24(25(28)19-10-4-3-5-11-19)26(29)20(17-27)15-18-9-8-12-21(16-18)30-2/h3-16H,1-2H3. The van der Waals surface area contributed by atoms with Crippen LogP contribution >= 0.6 is 0 Å². The normalized spacial score (nSPS) is 11.3. The fraction of sp³-hybridized carbons (Fsp3) is 0.0769. The van der Waals surface area contributed by atoms with Crippen LogP contribution in [-0.4, -0.2) is 17.5 Å². The maximum absolute atomic E-state index is 13.6. The van der Waals surface area contributed by atoms with Gasteiger partial charge < -0.3 is 9.30 Å². The molecule has 0 radical (unpaired) electrons. The number of hydrogen-bond donors (Lipinski definition) is 0. The molecular weight excluding hydrogens is 372 g/mol. The number of fused-ring (bicyclic) bond motifs is 1. The maximum Gasteiger partial charge on any atom is 0.206 e. The predicted molar refractivity (Wildman–Crippen MR) is 119 cm³/mol. The molecule has 0 aliphatic carbocycles. The zero-order valence-corrected chi connectivity index (χ0v) is 16.8. The molecule has 0 unspecified atom stereocenters. The van der Waals surface area contributed by atoms with Gasteiger partial charge in [-0.05, 0) is 35.4 Å². The lowest BCUT2D eigenvalue weighted by Gasteiger charge is -2.08. The number of hydrogen-bond acceptors (Lipinski definition) is 3. The molecule has 0 spiro atoms. The van der Waals surface area contributed by atoms with Crippen LogP contribution in [0, 0.1) is 11.3 Å². The number of Topliss-reactive ketones (excluding diaryl/α,β-unsaturated/α-hetero) is 1. The SMILES string of the molecule is COc1cccc(C=C(C#N)C(=O)c2c(-c3ccccc3)n(C)c3ccccc23)c1. The second kappa shape index (κ2) is 8.10. The first kappa shape index (κ1) is 19.2. The van der Waals surface area contributed by atoms with Gasteiger partial charge in [0, 0.05) is 18.0 Å². The Morgan fingerprint density at radius 1 is 1.00 bits per heavy atom. The minimum Gasteiger partial charge on any atom is -0.497 e. The molecule has 0 amide bonds. The van der Waals surface area contributed by atoms with E-state index in [1.54, 1.807) is 19.3 Å². The van der Waals surface area contributed by atoms with E-state index in [-0.39, 0.29) is 11.4 Å². The van der Waals surface area contributed by atoms with Gasteiger partial charge in [-0.1, -0.05) is 60.7 Å². The number of aromatic nitrogens is 1. The number of para-hydroxylation sites is 1. The Balaban J connectivity index is 1.93. The molecule has 1 heterocycles. The number of carbonyl (C=O) groups excluding carboxylic acids is 1. The lowest BCUT2D eigenvalue weighted by Crippen LogP contribution is -2.05. The van der Waals surface area contributed by atoms with E-state index in [4.69, 9.17) is 4.74 Å².